The highest BCUT2D eigenvalue weighted by Gasteiger charge is 2.45. The Labute approximate surface area is 114 Å². The van der Waals surface area contributed by atoms with Crippen LogP contribution in [0.15, 0.2) is 24.3 Å². The van der Waals surface area contributed by atoms with Gasteiger partial charge in [0.15, 0.2) is 5.75 Å². The van der Waals surface area contributed by atoms with Crippen LogP contribution in [0.5, 0.6) is 5.75 Å². The lowest BCUT2D eigenvalue weighted by molar-refractivity contribution is -0.382. The highest BCUT2D eigenvalue weighted by atomic mass is 16.7. The lowest BCUT2D eigenvalue weighted by Crippen LogP contribution is -2.60. The highest BCUT2D eigenvalue weighted by Crippen LogP contribution is 2.26. The standard InChI is InChI=1S/C12H15NO7/c14-5-8-9(15)10(16)11(17)12(20-8)19-7-4-2-1-3-6(7)13-18/h1-4,8-12,14-17H,5H2/p+1/t8-,9+,10+,11-,12-/m1/s1. The molecule has 2 rings (SSSR count). The average Bonchev–Trinajstić information content (AvgIpc) is 2.48. The summed E-state index contributed by atoms with van der Waals surface area (Å²) in [6.45, 7) is -0.549. The van der Waals surface area contributed by atoms with Crippen molar-refractivity contribution in [2.24, 2.45) is 0 Å². The van der Waals surface area contributed by atoms with E-state index in [2.05, 4.69) is 0 Å². The van der Waals surface area contributed by atoms with Gasteiger partial charge in [0.2, 0.25) is 6.29 Å². The van der Waals surface area contributed by atoms with Gasteiger partial charge in [0.25, 0.3) is 5.69 Å². The molecular formula is C12H16NO7+. The van der Waals surface area contributed by atoms with E-state index in [1.807, 2.05) is 0 Å². The Bertz CT molecular complexity index is 467. The third-order valence-electron chi connectivity index (χ3n) is 3.09. The predicted molar refractivity (Wildman–Crippen MR) is 64.8 cm³/mol. The third-order valence-corrected chi connectivity index (χ3v) is 3.09. The van der Waals surface area contributed by atoms with Gasteiger partial charge in [0.05, 0.1) is 6.61 Å². The van der Waals surface area contributed by atoms with Gasteiger partial charge in [0, 0.05) is 16.2 Å². The SMILES string of the molecule is O=[NH+]c1ccccc1O[C@@H]1O[C@H](CO)[C@H](O)[C@H](O)[C@H]1O. The van der Waals surface area contributed by atoms with Gasteiger partial charge >= 0.3 is 0 Å². The lowest BCUT2D eigenvalue weighted by Gasteiger charge is -2.39. The van der Waals surface area contributed by atoms with E-state index >= 15 is 0 Å². The first-order valence-corrected chi connectivity index (χ1v) is 6.03. The number of rotatable bonds is 4. The number of para-hydroxylation sites is 2. The molecule has 1 aromatic rings. The van der Waals surface area contributed by atoms with Gasteiger partial charge in [-0.2, -0.15) is 0 Å². The number of nitroso groups, excluding NO2 is 1. The first-order chi connectivity index (χ1) is 9.58. The Morgan fingerprint density at radius 2 is 1.85 bits per heavy atom. The van der Waals surface area contributed by atoms with Crippen LogP contribution >= 0.6 is 0 Å². The van der Waals surface area contributed by atoms with E-state index in [0.29, 0.717) is 0 Å². The van der Waals surface area contributed by atoms with E-state index in [4.69, 9.17) is 14.6 Å². The zero-order valence-corrected chi connectivity index (χ0v) is 10.4. The van der Waals surface area contributed by atoms with Crippen LogP contribution in [-0.4, -0.2) is 57.7 Å². The van der Waals surface area contributed by atoms with E-state index in [1.54, 1.807) is 17.3 Å². The second-order valence-electron chi connectivity index (χ2n) is 4.41. The van der Waals surface area contributed by atoms with E-state index in [9.17, 15) is 20.2 Å². The van der Waals surface area contributed by atoms with Crippen LogP contribution in [0.1, 0.15) is 0 Å². The summed E-state index contributed by atoms with van der Waals surface area (Å²) in [7, 11) is 0. The molecule has 20 heavy (non-hydrogen) atoms. The Morgan fingerprint density at radius 3 is 2.50 bits per heavy atom. The van der Waals surface area contributed by atoms with Gasteiger partial charge in [-0.3, -0.25) is 0 Å². The number of hydrogen-bond acceptors (Lipinski definition) is 7. The number of aliphatic hydroxyl groups excluding tert-OH is 4. The van der Waals surface area contributed by atoms with Gasteiger partial charge in [-0.25, -0.2) is 0 Å². The minimum Gasteiger partial charge on any atom is -0.455 e. The van der Waals surface area contributed by atoms with Crippen LogP contribution in [0.2, 0.25) is 0 Å². The Hall–Kier alpha value is -1.58. The zero-order valence-electron chi connectivity index (χ0n) is 10.4. The fraction of sp³-hybridized carbons (Fsp3) is 0.500. The van der Waals surface area contributed by atoms with Crippen molar-refractivity contribution in [2.75, 3.05) is 6.61 Å². The summed E-state index contributed by atoms with van der Waals surface area (Å²) >= 11 is 0. The topological polar surface area (TPSA) is 130 Å². The molecule has 110 valence electrons. The minimum absolute atomic E-state index is 0.117. The normalized spacial score (nSPS) is 33.7. The summed E-state index contributed by atoms with van der Waals surface area (Å²) < 4.78 is 10.5. The second-order valence-corrected chi connectivity index (χ2v) is 4.41. The van der Waals surface area contributed by atoms with E-state index in [-0.39, 0.29) is 11.4 Å². The smallest absolute Gasteiger partial charge is 0.294 e. The van der Waals surface area contributed by atoms with Crippen molar-refractivity contribution in [1.82, 2.24) is 0 Å². The maximum atomic E-state index is 10.7. The van der Waals surface area contributed by atoms with Crippen LogP contribution in [0.4, 0.5) is 5.69 Å². The summed E-state index contributed by atoms with van der Waals surface area (Å²) in [4.78, 5) is 10.7. The van der Waals surface area contributed by atoms with Gasteiger partial charge < -0.3 is 29.9 Å². The van der Waals surface area contributed by atoms with Crippen molar-refractivity contribution in [2.45, 2.75) is 30.7 Å². The molecule has 5 atom stereocenters. The first kappa shape index (κ1) is 14.8. The summed E-state index contributed by atoms with van der Waals surface area (Å²) in [6, 6.07) is 6.16. The number of aliphatic hydroxyl groups is 4. The average molecular weight is 286 g/mol. The summed E-state index contributed by atoms with van der Waals surface area (Å²) in [5.41, 5.74) is 0.129. The zero-order chi connectivity index (χ0) is 14.7. The molecule has 1 fully saturated rings. The summed E-state index contributed by atoms with van der Waals surface area (Å²) in [5, 5.41) is 39.8. The Balaban J connectivity index is 2.17. The molecule has 1 aromatic carbocycles. The second kappa shape index (κ2) is 6.25. The molecule has 1 heterocycles. The van der Waals surface area contributed by atoms with E-state index in [0.717, 1.165) is 0 Å². The predicted octanol–water partition coefficient (Wildman–Crippen LogP) is -2.66. The van der Waals surface area contributed by atoms with Crippen LogP contribution in [0.3, 0.4) is 0 Å². The Kier molecular flexibility index (Phi) is 4.63. The van der Waals surface area contributed by atoms with Gasteiger partial charge in [-0.1, -0.05) is 12.1 Å². The highest BCUT2D eigenvalue weighted by molar-refractivity contribution is 5.44. The summed E-state index contributed by atoms with van der Waals surface area (Å²) in [6.07, 6.45) is -6.89. The van der Waals surface area contributed by atoms with Crippen molar-refractivity contribution in [3.05, 3.63) is 29.2 Å². The number of ether oxygens (including phenoxy) is 2. The quantitative estimate of drug-likeness (QED) is 0.408. The Morgan fingerprint density at radius 1 is 1.15 bits per heavy atom. The minimum atomic E-state index is -1.53. The van der Waals surface area contributed by atoms with Crippen LogP contribution in [0, 0.1) is 4.91 Å². The number of hydrogen-bond donors (Lipinski definition) is 5. The van der Waals surface area contributed by atoms with Gasteiger partial charge in [0.1, 0.15) is 24.4 Å². The molecule has 0 spiro atoms. The van der Waals surface area contributed by atoms with Crippen molar-refractivity contribution >= 4 is 5.69 Å². The maximum absolute atomic E-state index is 10.7. The van der Waals surface area contributed by atoms with Crippen molar-refractivity contribution in [3.8, 4) is 5.75 Å². The molecule has 0 saturated carbocycles. The largest absolute Gasteiger partial charge is 0.455 e. The van der Waals surface area contributed by atoms with E-state index < -0.39 is 37.3 Å². The molecule has 5 N–H and O–H groups in total. The molecule has 8 nitrogen and oxygen atoms in total. The molecular weight excluding hydrogens is 270 g/mol. The van der Waals surface area contributed by atoms with Crippen LogP contribution < -0.4 is 9.91 Å². The maximum Gasteiger partial charge on any atom is 0.294 e. The molecule has 1 saturated heterocycles. The molecule has 0 radical (unpaired) electrons. The van der Waals surface area contributed by atoms with Crippen LogP contribution in [-0.2, 0) is 4.74 Å². The molecule has 0 bridgehead atoms. The summed E-state index contributed by atoms with van der Waals surface area (Å²) in [5.74, 6) is 0.117. The monoisotopic (exact) mass is 286 g/mol. The third kappa shape index (κ3) is 2.79. The van der Waals surface area contributed by atoms with Gasteiger partial charge in [-0.05, 0) is 6.07 Å². The molecule has 1 aliphatic rings. The van der Waals surface area contributed by atoms with Crippen molar-refractivity contribution in [1.29, 1.82) is 0 Å². The fourth-order valence-electron chi connectivity index (χ4n) is 1.94. The number of nitrogens with one attached hydrogen (secondary N) is 1. The number of benzene rings is 1. The molecule has 1 aliphatic heterocycles. The molecule has 0 amide bonds. The van der Waals surface area contributed by atoms with Crippen molar-refractivity contribution < 1.29 is 35.1 Å². The van der Waals surface area contributed by atoms with Crippen LogP contribution in [0.25, 0.3) is 0 Å². The lowest BCUT2D eigenvalue weighted by atomic mass is 9.99. The fourth-order valence-corrected chi connectivity index (χ4v) is 1.94. The molecule has 0 aliphatic carbocycles. The van der Waals surface area contributed by atoms with E-state index in [1.165, 1.54) is 12.1 Å². The van der Waals surface area contributed by atoms with Crippen molar-refractivity contribution in [3.63, 3.8) is 0 Å². The van der Waals surface area contributed by atoms with Gasteiger partial charge in [-0.15, -0.1) is 0 Å². The molecule has 8 heteroatoms. The molecule has 0 unspecified atom stereocenters. The first-order valence-electron chi connectivity index (χ1n) is 6.03. The molecule has 0 aromatic heterocycles.